The molecule has 0 spiro atoms. The van der Waals surface area contributed by atoms with Crippen molar-refractivity contribution in [1.29, 1.82) is 0 Å². The number of aromatic amines is 1. The maximum Gasteiger partial charge on any atom is 0.307 e. The summed E-state index contributed by atoms with van der Waals surface area (Å²) in [5, 5.41) is 0. The standard InChI is InChI=1S/C8H7N3O.C4H6F4/c9-8(12)5-1-2-6-7(3-5)11-4-10-6;1-3(5,6)4(2,7)8/h1-4H,(H2,9,12)(H,10,11);1-2H3. The van der Waals surface area contributed by atoms with Crippen molar-refractivity contribution in [3.8, 4) is 0 Å². The summed E-state index contributed by atoms with van der Waals surface area (Å²) in [4.78, 5) is 17.7. The van der Waals surface area contributed by atoms with E-state index in [1.54, 1.807) is 24.5 Å². The zero-order valence-electron chi connectivity index (χ0n) is 10.8. The van der Waals surface area contributed by atoms with Gasteiger partial charge in [-0.1, -0.05) is 0 Å². The number of nitrogens with two attached hydrogens (primary N) is 1. The molecule has 0 saturated heterocycles. The predicted molar refractivity (Wildman–Crippen MR) is 65.9 cm³/mol. The molecule has 0 atom stereocenters. The summed E-state index contributed by atoms with van der Waals surface area (Å²) in [7, 11) is 0. The minimum atomic E-state index is -3.90. The van der Waals surface area contributed by atoms with Crippen molar-refractivity contribution in [3.05, 3.63) is 30.1 Å². The van der Waals surface area contributed by atoms with Crippen LogP contribution >= 0.6 is 0 Å². The third-order valence-corrected chi connectivity index (χ3v) is 2.48. The average Bonchev–Trinajstić information content (AvgIpc) is 2.73. The maximum atomic E-state index is 11.5. The molecule has 3 N–H and O–H groups in total. The smallest absolute Gasteiger partial charge is 0.307 e. The summed E-state index contributed by atoms with van der Waals surface area (Å²) in [6, 6.07) is 5.10. The Balaban J connectivity index is 0.000000221. The molecular weight excluding hydrogens is 278 g/mol. The van der Waals surface area contributed by atoms with E-state index in [0.29, 0.717) is 5.56 Å². The fourth-order valence-corrected chi connectivity index (χ4v) is 1.09. The number of fused-ring (bicyclic) bond motifs is 1. The van der Waals surface area contributed by atoms with Crippen LogP contribution < -0.4 is 5.73 Å². The Morgan fingerprint density at radius 2 is 1.75 bits per heavy atom. The van der Waals surface area contributed by atoms with Crippen molar-refractivity contribution in [1.82, 2.24) is 9.97 Å². The lowest BCUT2D eigenvalue weighted by molar-refractivity contribution is -0.185. The third kappa shape index (κ3) is 3.94. The number of amides is 1. The van der Waals surface area contributed by atoms with Gasteiger partial charge >= 0.3 is 11.8 Å². The van der Waals surface area contributed by atoms with E-state index < -0.39 is 17.8 Å². The Kier molecular flexibility index (Phi) is 4.36. The molecule has 0 fully saturated rings. The predicted octanol–water partition coefficient (Wildman–Crippen LogP) is 2.96. The molecule has 0 radical (unpaired) electrons. The topological polar surface area (TPSA) is 71.8 Å². The van der Waals surface area contributed by atoms with Gasteiger partial charge in [-0.3, -0.25) is 4.79 Å². The molecule has 0 saturated carbocycles. The Hall–Kier alpha value is -2.12. The molecule has 0 bridgehead atoms. The monoisotopic (exact) mass is 291 g/mol. The lowest BCUT2D eigenvalue weighted by Crippen LogP contribution is -2.33. The first-order valence-electron chi connectivity index (χ1n) is 5.51. The summed E-state index contributed by atoms with van der Waals surface area (Å²) in [6.07, 6.45) is 1.58. The van der Waals surface area contributed by atoms with Gasteiger partial charge < -0.3 is 10.7 Å². The van der Waals surface area contributed by atoms with E-state index in [1.165, 1.54) is 0 Å². The summed E-state index contributed by atoms with van der Waals surface area (Å²) in [5.74, 6) is -8.22. The van der Waals surface area contributed by atoms with Crippen molar-refractivity contribution >= 4 is 16.9 Å². The summed E-state index contributed by atoms with van der Waals surface area (Å²) in [6.45, 7) is 0.375. The number of aromatic nitrogens is 2. The fourth-order valence-electron chi connectivity index (χ4n) is 1.09. The number of alkyl halides is 4. The van der Waals surface area contributed by atoms with E-state index in [0.717, 1.165) is 11.0 Å². The van der Waals surface area contributed by atoms with Crippen LogP contribution in [0, 0.1) is 0 Å². The summed E-state index contributed by atoms with van der Waals surface area (Å²) < 4.78 is 45.9. The van der Waals surface area contributed by atoms with Crippen molar-refractivity contribution in [2.45, 2.75) is 25.7 Å². The molecule has 110 valence electrons. The van der Waals surface area contributed by atoms with Crippen LogP contribution in [0.25, 0.3) is 11.0 Å². The zero-order chi connectivity index (χ0) is 15.6. The van der Waals surface area contributed by atoms with E-state index in [9.17, 15) is 22.4 Å². The number of imidazole rings is 1. The van der Waals surface area contributed by atoms with E-state index in [4.69, 9.17) is 5.73 Å². The number of hydrogen-bond donors (Lipinski definition) is 2. The molecule has 2 aromatic rings. The zero-order valence-corrected chi connectivity index (χ0v) is 10.8. The minimum Gasteiger partial charge on any atom is -0.366 e. The maximum absolute atomic E-state index is 11.5. The highest BCUT2D eigenvalue weighted by atomic mass is 19.3. The number of primary amides is 1. The first kappa shape index (κ1) is 15.9. The summed E-state index contributed by atoms with van der Waals surface area (Å²) in [5.41, 5.74) is 7.25. The van der Waals surface area contributed by atoms with Gasteiger partial charge in [-0.15, -0.1) is 0 Å². The minimum absolute atomic E-state index is 0.188. The highest BCUT2D eigenvalue weighted by molar-refractivity contribution is 5.96. The second-order valence-corrected chi connectivity index (χ2v) is 4.28. The number of carbonyl (C=O) groups excluding carboxylic acids is 1. The van der Waals surface area contributed by atoms with Crippen LogP contribution in [-0.2, 0) is 0 Å². The van der Waals surface area contributed by atoms with Crippen LogP contribution in [0.3, 0.4) is 0 Å². The van der Waals surface area contributed by atoms with Crippen molar-refractivity contribution in [3.63, 3.8) is 0 Å². The van der Waals surface area contributed by atoms with Gasteiger partial charge in [0.2, 0.25) is 5.91 Å². The number of carbonyl (C=O) groups is 1. The van der Waals surface area contributed by atoms with Gasteiger partial charge in [0.1, 0.15) is 0 Å². The van der Waals surface area contributed by atoms with E-state index >= 15 is 0 Å². The van der Waals surface area contributed by atoms with E-state index in [2.05, 4.69) is 9.97 Å². The van der Waals surface area contributed by atoms with Crippen LogP contribution in [0.2, 0.25) is 0 Å². The highest BCUT2D eigenvalue weighted by Crippen LogP contribution is 2.32. The normalized spacial score (nSPS) is 11.9. The van der Waals surface area contributed by atoms with Crippen molar-refractivity contribution in [2.24, 2.45) is 5.73 Å². The van der Waals surface area contributed by atoms with Crippen LogP contribution in [0.15, 0.2) is 24.5 Å². The first-order chi connectivity index (χ1) is 9.02. The second kappa shape index (κ2) is 5.48. The number of benzene rings is 1. The largest absolute Gasteiger partial charge is 0.366 e. The van der Waals surface area contributed by atoms with Crippen molar-refractivity contribution < 1.29 is 22.4 Å². The molecule has 4 nitrogen and oxygen atoms in total. The molecule has 2 rings (SSSR count). The molecule has 0 aliphatic rings. The molecule has 0 unspecified atom stereocenters. The van der Waals surface area contributed by atoms with Crippen LogP contribution in [0.1, 0.15) is 24.2 Å². The molecule has 1 aromatic heterocycles. The Labute approximate surface area is 112 Å². The van der Waals surface area contributed by atoms with E-state index in [1.807, 2.05) is 0 Å². The van der Waals surface area contributed by atoms with Gasteiger partial charge in [-0.05, 0) is 18.2 Å². The number of halogens is 4. The first-order valence-corrected chi connectivity index (χ1v) is 5.51. The number of nitrogens with one attached hydrogen (secondary N) is 1. The van der Waals surface area contributed by atoms with Gasteiger partial charge in [0.25, 0.3) is 0 Å². The molecule has 0 aliphatic heterocycles. The average molecular weight is 291 g/mol. The van der Waals surface area contributed by atoms with Crippen LogP contribution in [-0.4, -0.2) is 27.7 Å². The number of nitrogens with zero attached hydrogens (tertiary/aromatic N) is 1. The van der Waals surface area contributed by atoms with Gasteiger partial charge in [0.15, 0.2) is 0 Å². The Morgan fingerprint density at radius 1 is 1.20 bits per heavy atom. The third-order valence-electron chi connectivity index (χ3n) is 2.48. The van der Waals surface area contributed by atoms with Gasteiger partial charge in [-0.2, -0.15) is 0 Å². The Morgan fingerprint density at radius 3 is 2.20 bits per heavy atom. The number of H-pyrrole nitrogens is 1. The molecule has 1 amide bonds. The van der Waals surface area contributed by atoms with Gasteiger partial charge in [0, 0.05) is 19.4 Å². The van der Waals surface area contributed by atoms with Gasteiger partial charge in [-0.25, -0.2) is 22.5 Å². The van der Waals surface area contributed by atoms with E-state index in [-0.39, 0.29) is 13.8 Å². The second-order valence-electron chi connectivity index (χ2n) is 4.28. The molecule has 1 heterocycles. The van der Waals surface area contributed by atoms with Crippen LogP contribution in [0.5, 0.6) is 0 Å². The molecule has 20 heavy (non-hydrogen) atoms. The summed E-state index contributed by atoms with van der Waals surface area (Å²) >= 11 is 0. The number of hydrogen-bond acceptors (Lipinski definition) is 2. The quantitative estimate of drug-likeness (QED) is 0.835. The lowest BCUT2D eigenvalue weighted by atomic mass is 10.2. The van der Waals surface area contributed by atoms with Gasteiger partial charge in [0.05, 0.1) is 17.4 Å². The van der Waals surface area contributed by atoms with Crippen molar-refractivity contribution in [2.75, 3.05) is 0 Å². The molecular formula is C12H13F4N3O. The molecule has 1 aromatic carbocycles. The SMILES string of the molecule is CC(F)(F)C(C)(F)F.NC(=O)c1ccc2nc[nH]c2c1. The fraction of sp³-hybridized carbons (Fsp3) is 0.333. The molecule has 0 aliphatic carbocycles. The Bertz CT molecular complexity index is 587. The number of rotatable bonds is 2. The highest BCUT2D eigenvalue weighted by Gasteiger charge is 2.47. The van der Waals surface area contributed by atoms with Crippen LogP contribution in [0.4, 0.5) is 17.6 Å². The molecule has 8 heteroatoms. The lowest BCUT2D eigenvalue weighted by Gasteiger charge is -2.17.